The van der Waals surface area contributed by atoms with E-state index in [1.54, 1.807) is 12.1 Å². The Kier molecular flexibility index (Phi) is 9.24. The molecule has 4 rings (SSSR count). The zero-order valence-electron chi connectivity index (χ0n) is 21.0. The zero-order valence-corrected chi connectivity index (χ0v) is 22.6. The summed E-state index contributed by atoms with van der Waals surface area (Å²) in [5.41, 5.74) is 2.34. The standard InChI is InChI=1S/C30H33N2O3.BrH/c1-23-10-7-14-27(20-23)30(34,28-15-8-11-24(2)21-28)29(33)35-19-9-16-31-17-18-32(25(31)3)22-26-12-5-4-6-13-26;/h4-8,10-15,17-18,20-21,34H,9,16,19,22H2,1-3H3;1H/q+1;/p-1. The number of esters is 1. The first-order valence-electron chi connectivity index (χ1n) is 12.0. The highest BCUT2D eigenvalue weighted by Crippen LogP contribution is 2.32. The van der Waals surface area contributed by atoms with Crippen molar-refractivity contribution in [2.45, 2.75) is 45.9 Å². The monoisotopic (exact) mass is 548 g/mol. The van der Waals surface area contributed by atoms with Gasteiger partial charge >= 0.3 is 5.97 Å². The van der Waals surface area contributed by atoms with Gasteiger partial charge in [-0.3, -0.25) is 0 Å². The van der Waals surface area contributed by atoms with E-state index in [0.717, 1.165) is 23.5 Å². The molecule has 0 aliphatic heterocycles. The molecule has 0 amide bonds. The van der Waals surface area contributed by atoms with Crippen LogP contribution in [0.2, 0.25) is 0 Å². The van der Waals surface area contributed by atoms with Crippen LogP contribution >= 0.6 is 0 Å². The van der Waals surface area contributed by atoms with Crippen LogP contribution in [0, 0.1) is 20.8 Å². The topological polar surface area (TPSA) is 55.3 Å². The Balaban J connectivity index is 0.00000361. The fourth-order valence-corrected chi connectivity index (χ4v) is 4.37. The second-order valence-corrected chi connectivity index (χ2v) is 9.09. The Bertz CT molecular complexity index is 1260. The van der Waals surface area contributed by atoms with Crippen molar-refractivity contribution in [3.63, 3.8) is 0 Å². The van der Waals surface area contributed by atoms with Crippen LogP contribution in [0.4, 0.5) is 0 Å². The average Bonchev–Trinajstić information content (AvgIpc) is 3.20. The summed E-state index contributed by atoms with van der Waals surface area (Å²) in [6.45, 7) is 7.71. The third kappa shape index (κ3) is 6.12. The minimum absolute atomic E-state index is 0. The molecule has 0 unspecified atom stereocenters. The van der Waals surface area contributed by atoms with Gasteiger partial charge in [-0.1, -0.05) is 90.0 Å². The van der Waals surface area contributed by atoms with Gasteiger partial charge in [0.2, 0.25) is 5.60 Å². The molecule has 0 aliphatic rings. The number of benzene rings is 3. The maximum Gasteiger partial charge on any atom is 0.347 e. The molecule has 1 heterocycles. The number of nitrogens with zero attached hydrogens (tertiary/aromatic N) is 2. The van der Waals surface area contributed by atoms with Crippen molar-refractivity contribution in [3.05, 3.63) is 125 Å². The van der Waals surface area contributed by atoms with Crippen LogP contribution in [-0.2, 0) is 28.2 Å². The van der Waals surface area contributed by atoms with Gasteiger partial charge in [0.25, 0.3) is 5.82 Å². The molecular weight excluding hydrogens is 516 g/mol. The molecule has 1 aromatic heterocycles. The quantitative estimate of drug-likeness (QED) is 0.196. The van der Waals surface area contributed by atoms with Crippen LogP contribution < -0.4 is 21.5 Å². The second-order valence-electron chi connectivity index (χ2n) is 9.09. The van der Waals surface area contributed by atoms with Crippen molar-refractivity contribution in [1.29, 1.82) is 0 Å². The van der Waals surface area contributed by atoms with Crippen molar-refractivity contribution < 1.29 is 36.2 Å². The van der Waals surface area contributed by atoms with Gasteiger partial charge in [0.05, 0.1) is 13.2 Å². The molecular formula is C30H33BrN2O3. The predicted octanol–water partition coefficient (Wildman–Crippen LogP) is 1.62. The van der Waals surface area contributed by atoms with Gasteiger partial charge in [-0.05, 0) is 30.5 Å². The van der Waals surface area contributed by atoms with E-state index < -0.39 is 11.6 Å². The lowest BCUT2D eigenvalue weighted by Gasteiger charge is -2.27. The van der Waals surface area contributed by atoms with Gasteiger partial charge in [0.1, 0.15) is 18.9 Å². The highest BCUT2D eigenvalue weighted by Gasteiger charge is 2.41. The minimum Gasteiger partial charge on any atom is -1.00 e. The van der Waals surface area contributed by atoms with Crippen LogP contribution in [0.5, 0.6) is 0 Å². The van der Waals surface area contributed by atoms with Crippen molar-refractivity contribution in [1.82, 2.24) is 4.57 Å². The van der Waals surface area contributed by atoms with E-state index in [-0.39, 0.29) is 23.6 Å². The number of halogens is 1. The van der Waals surface area contributed by atoms with Crippen molar-refractivity contribution in [2.24, 2.45) is 0 Å². The van der Waals surface area contributed by atoms with E-state index in [0.29, 0.717) is 24.1 Å². The summed E-state index contributed by atoms with van der Waals surface area (Å²) >= 11 is 0. The van der Waals surface area contributed by atoms with Crippen molar-refractivity contribution in [3.8, 4) is 0 Å². The van der Waals surface area contributed by atoms with Gasteiger partial charge in [-0.15, -0.1) is 0 Å². The Labute approximate surface area is 223 Å². The molecule has 0 atom stereocenters. The molecule has 36 heavy (non-hydrogen) atoms. The first kappa shape index (κ1) is 27.4. The van der Waals surface area contributed by atoms with E-state index in [1.165, 1.54) is 5.56 Å². The molecule has 0 bridgehead atoms. The largest absolute Gasteiger partial charge is 1.00 e. The van der Waals surface area contributed by atoms with Gasteiger partial charge in [-0.2, -0.15) is 0 Å². The third-order valence-electron chi connectivity index (χ3n) is 6.40. The summed E-state index contributed by atoms with van der Waals surface area (Å²) in [6, 6.07) is 25.1. The number of aryl methyl sites for hydroxylation is 3. The number of hydrogen-bond donors (Lipinski definition) is 1. The summed E-state index contributed by atoms with van der Waals surface area (Å²) in [5, 5.41) is 11.7. The first-order chi connectivity index (χ1) is 16.9. The smallest absolute Gasteiger partial charge is 0.347 e. The van der Waals surface area contributed by atoms with Crippen LogP contribution in [0.25, 0.3) is 0 Å². The number of rotatable bonds is 9. The third-order valence-corrected chi connectivity index (χ3v) is 6.40. The van der Waals surface area contributed by atoms with Gasteiger partial charge < -0.3 is 26.8 Å². The summed E-state index contributed by atoms with van der Waals surface area (Å²) in [5.74, 6) is 0.480. The number of aliphatic hydroxyl groups is 1. The molecule has 6 heteroatoms. The number of ether oxygens (including phenoxy) is 1. The second kappa shape index (κ2) is 12.2. The zero-order chi connectivity index (χ0) is 24.8. The Morgan fingerprint density at radius 2 is 1.53 bits per heavy atom. The molecule has 0 spiro atoms. The lowest BCUT2D eigenvalue weighted by atomic mass is 9.85. The first-order valence-corrected chi connectivity index (χ1v) is 12.0. The predicted molar refractivity (Wildman–Crippen MR) is 136 cm³/mol. The summed E-state index contributed by atoms with van der Waals surface area (Å²) in [6.07, 6.45) is 4.77. The number of carbonyl (C=O) groups is 1. The minimum atomic E-state index is -1.86. The molecule has 3 aromatic carbocycles. The fourth-order valence-electron chi connectivity index (χ4n) is 4.37. The van der Waals surface area contributed by atoms with E-state index in [9.17, 15) is 9.90 Å². The van der Waals surface area contributed by atoms with E-state index in [1.807, 2.05) is 68.4 Å². The normalized spacial score (nSPS) is 11.1. The molecule has 5 nitrogen and oxygen atoms in total. The van der Waals surface area contributed by atoms with E-state index in [2.05, 4.69) is 40.6 Å². The number of imidazole rings is 1. The van der Waals surface area contributed by atoms with Crippen molar-refractivity contribution in [2.75, 3.05) is 6.61 Å². The highest BCUT2D eigenvalue weighted by molar-refractivity contribution is 5.85. The molecule has 188 valence electrons. The fraction of sp³-hybridized carbons (Fsp3) is 0.267. The van der Waals surface area contributed by atoms with Crippen LogP contribution in [0.1, 0.15) is 40.1 Å². The lowest BCUT2D eigenvalue weighted by Crippen LogP contribution is -3.00. The number of aromatic nitrogens is 2. The molecule has 0 fully saturated rings. The summed E-state index contributed by atoms with van der Waals surface area (Å²) < 4.78 is 10.0. The van der Waals surface area contributed by atoms with Crippen molar-refractivity contribution >= 4 is 5.97 Å². The average molecular weight is 550 g/mol. The van der Waals surface area contributed by atoms with Crippen LogP contribution in [-0.4, -0.2) is 22.2 Å². The maximum atomic E-state index is 13.3. The molecule has 0 radical (unpaired) electrons. The Hall–Kier alpha value is -3.22. The molecule has 0 saturated carbocycles. The van der Waals surface area contributed by atoms with Gasteiger partial charge in [-0.25, -0.2) is 13.9 Å². The van der Waals surface area contributed by atoms with Crippen LogP contribution in [0.15, 0.2) is 91.3 Å². The van der Waals surface area contributed by atoms with E-state index in [4.69, 9.17) is 4.74 Å². The molecule has 0 saturated heterocycles. The Morgan fingerprint density at radius 3 is 2.11 bits per heavy atom. The number of carbonyl (C=O) groups excluding carboxylic acids is 1. The molecule has 4 aromatic rings. The molecule has 0 aliphatic carbocycles. The lowest BCUT2D eigenvalue weighted by molar-refractivity contribution is -0.694. The Morgan fingerprint density at radius 1 is 0.917 bits per heavy atom. The van der Waals surface area contributed by atoms with Gasteiger partial charge in [0, 0.05) is 13.3 Å². The SMILES string of the molecule is Cc1cccc(C(O)(C(=O)OCCCn2cc[n+](Cc3ccccc3)c2C)c2cccc(C)c2)c1.[Br-]. The van der Waals surface area contributed by atoms with Crippen LogP contribution in [0.3, 0.4) is 0 Å². The highest BCUT2D eigenvalue weighted by atomic mass is 79.9. The molecule has 1 N–H and O–H groups in total. The number of hydrogen-bond acceptors (Lipinski definition) is 3. The van der Waals surface area contributed by atoms with E-state index >= 15 is 0 Å². The summed E-state index contributed by atoms with van der Waals surface area (Å²) in [7, 11) is 0. The summed E-state index contributed by atoms with van der Waals surface area (Å²) in [4.78, 5) is 13.3. The maximum absolute atomic E-state index is 13.3. The van der Waals surface area contributed by atoms with Gasteiger partial charge in [0.15, 0.2) is 0 Å².